The van der Waals surface area contributed by atoms with Crippen molar-refractivity contribution in [2.45, 2.75) is 13.3 Å². The average Bonchev–Trinajstić information content (AvgIpc) is 2.42. The second-order valence-corrected chi connectivity index (χ2v) is 4.34. The Labute approximate surface area is 112 Å². The van der Waals surface area contributed by atoms with Crippen LogP contribution in [0.5, 0.6) is 0 Å². The minimum atomic E-state index is -0.113. The van der Waals surface area contributed by atoms with Crippen molar-refractivity contribution in [3.63, 3.8) is 0 Å². The molecule has 2 aromatic rings. The van der Waals surface area contributed by atoms with Crippen LogP contribution in [0.4, 0.5) is 5.69 Å². The quantitative estimate of drug-likeness (QED) is 0.879. The summed E-state index contributed by atoms with van der Waals surface area (Å²) in [6, 6.07) is 9.31. The van der Waals surface area contributed by atoms with Gasteiger partial charge in [0, 0.05) is 23.6 Å². The van der Waals surface area contributed by atoms with Crippen LogP contribution in [-0.4, -0.2) is 17.4 Å². The summed E-state index contributed by atoms with van der Waals surface area (Å²) in [5.41, 5.74) is 8.92. The summed E-state index contributed by atoms with van der Waals surface area (Å²) in [5.74, 6) is -0.113. The molecule has 19 heavy (non-hydrogen) atoms. The number of nitrogens with zero attached hydrogens (tertiary/aromatic N) is 1. The molecule has 1 aromatic heterocycles. The number of amides is 1. The van der Waals surface area contributed by atoms with E-state index in [4.69, 9.17) is 5.73 Å². The van der Waals surface area contributed by atoms with E-state index in [1.807, 2.05) is 31.2 Å². The summed E-state index contributed by atoms with van der Waals surface area (Å²) in [4.78, 5) is 16.3. The third-order valence-electron chi connectivity index (χ3n) is 2.94. The first-order valence-electron chi connectivity index (χ1n) is 6.22. The van der Waals surface area contributed by atoms with Gasteiger partial charge in [0.25, 0.3) is 5.91 Å². The van der Waals surface area contributed by atoms with Crippen molar-refractivity contribution in [3.8, 4) is 0 Å². The number of aromatic nitrogens is 1. The number of aryl methyl sites for hydroxylation is 1. The maximum atomic E-state index is 12.3. The second-order valence-electron chi connectivity index (χ2n) is 4.34. The van der Waals surface area contributed by atoms with E-state index in [2.05, 4.69) is 10.3 Å². The van der Waals surface area contributed by atoms with Gasteiger partial charge in [0.2, 0.25) is 0 Å². The number of anilines is 1. The van der Waals surface area contributed by atoms with Gasteiger partial charge < -0.3 is 11.1 Å². The van der Waals surface area contributed by atoms with Crippen molar-refractivity contribution in [3.05, 3.63) is 59.4 Å². The Kier molecular flexibility index (Phi) is 4.26. The fourth-order valence-electron chi connectivity index (χ4n) is 1.92. The molecule has 4 nitrogen and oxygen atoms in total. The molecule has 0 bridgehead atoms. The molecule has 0 radical (unpaired) electrons. The number of nitrogens with one attached hydrogen (secondary N) is 1. The van der Waals surface area contributed by atoms with E-state index >= 15 is 0 Å². The topological polar surface area (TPSA) is 68.0 Å². The molecule has 0 aliphatic rings. The summed E-state index contributed by atoms with van der Waals surface area (Å²) in [7, 11) is 0. The first kappa shape index (κ1) is 13.2. The molecule has 0 saturated carbocycles. The lowest BCUT2D eigenvalue weighted by atomic mass is 10.0. The van der Waals surface area contributed by atoms with Crippen LogP contribution in [0, 0.1) is 6.92 Å². The lowest BCUT2D eigenvalue weighted by molar-refractivity contribution is 0.102. The van der Waals surface area contributed by atoms with Gasteiger partial charge in [-0.15, -0.1) is 0 Å². The van der Waals surface area contributed by atoms with Crippen molar-refractivity contribution in [1.29, 1.82) is 0 Å². The SMILES string of the molecule is Cc1cnccc1NC(=O)c1ccccc1CCN. The molecule has 0 fully saturated rings. The van der Waals surface area contributed by atoms with Gasteiger partial charge in [-0.1, -0.05) is 18.2 Å². The van der Waals surface area contributed by atoms with Gasteiger partial charge in [-0.3, -0.25) is 9.78 Å². The lowest BCUT2D eigenvalue weighted by Crippen LogP contribution is -2.16. The third kappa shape index (κ3) is 3.17. The molecule has 3 N–H and O–H groups in total. The Morgan fingerprint density at radius 1 is 1.32 bits per heavy atom. The molecule has 1 amide bonds. The molecule has 0 atom stereocenters. The van der Waals surface area contributed by atoms with Crippen LogP contribution in [0.15, 0.2) is 42.7 Å². The smallest absolute Gasteiger partial charge is 0.255 e. The number of hydrogen-bond acceptors (Lipinski definition) is 3. The summed E-state index contributed by atoms with van der Waals surface area (Å²) >= 11 is 0. The highest BCUT2D eigenvalue weighted by Crippen LogP contribution is 2.15. The minimum absolute atomic E-state index is 0.113. The molecule has 0 spiro atoms. The summed E-state index contributed by atoms with van der Waals surface area (Å²) < 4.78 is 0. The highest BCUT2D eigenvalue weighted by molar-refractivity contribution is 6.05. The number of pyridine rings is 1. The van der Waals surface area contributed by atoms with Crippen LogP contribution in [0.1, 0.15) is 21.5 Å². The molecule has 1 aromatic carbocycles. The maximum Gasteiger partial charge on any atom is 0.255 e. The molecule has 0 aliphatic carbocycles. The van der Waals surface area contributed by atoms with Crippen molar-refractivity contribution in [2.75, 3.05) is 11.9 Å². The molecule has 0 saturated heterocycles. The van der Waals surface area contributed by atoms with Crippen LogP contribution in [0.2, 0.25) is 0 Å². The van der Waals surface area contributed by atoms with E-state index in [9.17, 15) is 4.79 Å². The molecule has 2 rings (SSSR count). The zero-order valence-corrected chi connectivity index (χ0v) is 10.9. The van der Waals surface area contributed by atoms with E-state index in [0.717, 1.165) is 16.8 Å². The number of rotatable bonds is 4. The van der Waals surface area contributed by atoms with Gasteiger partial charge in [0.1, 0.15) is 0 Å². The predicted molar refractivity (Wildman–Crippen MR) is 76.1 cm³/mol. The fourth-order valence-corrected chi connectivity index (χ4v) is 1.92. The van der Waals surface area contributed by atoms with Gasteiger partial charge >= 0.3 is 0 Å². The van der Waals surface area contributed by atoms with Crippen molar-refractivity contribution < 1.29 is 4.79 Å². The average molecular weight is 255 g/mol. The standard InChI is InChI=1S/C15H17N3O/c1-11-10-17-9-7-14(11)18-15(19)13-5-3-2-4-12(13)6-8-16/h2-5,7,9-10H,6,8,16H2,1H3,(H,17,18,19). The first-order chi connectivity index (χ1) is 9.22. The summed E-state index contributed by atoms with van der Waals surface area (Å²) in [6.07, 6.45) is 4.08. The third-order valence-corrected chi connectivity index (χ3v) is 2.94. The molecule has 98 valence electrons. The first-order valence-corrected chi connectivity index (χ1v) is 6.22. The molecular formula is C15H17N3O. The minimum Gasteiger partial charge on any atom is -0.330 e. The van der Waals surface area contributed by atoms with Crippen LogP contribution in [-0.2, 0) is 6.42 Å². The number of nitrogens with two attached hydrogens (primary N) is 1. The van der Waals surface area contributed by atoms with Crippen molar-refractivity contribution >= 4 is 11.6 Å². The molecular weight excluding hydrogens is 238 g/mol. The van der Waals surface area contributed by atoms with Gasteiger partial charge in [-0.05, 0) is 43.1 Å². The van der Waals surface area contributed by atoms with Gasteiger partial charge in [0.15, 0.2) is 0 Å². The van der Waals surface area contributed by atoms with Gasteiger partial charge in [-0.25, -0.2) is 0 Å². The fraction of sp³-hybridized carbons (Fsp3) is 0.200. The molecule has 1 heterocycles. The Balaban J connectivity index is 2.23. The monoisotopic (exact) mass is 255 g/mol. The van der Waals surface area contributed by atoms with Crippen molar-refractivity contribution in [2.24, 2.45) is 5.73 Å². The van der Waals surface area contributed by atoms with Crippen LogP contribution >= 0.6 is 0 Å². The van der Waals surface area contributed by atoms with Crippen molar-refractivity contribution in [1.82, 2.24) is 4.98 Å². The zero-order valence-electron chi connectivity index (χ0n) is 10.9. The maximum absolute atomic E-state index is 12.3. The van der Waals surface area contributed by atoms with Crippen LogP contribution in [0.25, 0.3) is 0 Å². The Morgan fingerprint density at radius 2 is 2.11 bits per heavy atom. The highest BCUT2D eigenvalue weighted by Gasteiger charge is 2.11. The number of carbonyl (C=O) groups is 1. The number of hydrogen-bond donors (Lipinski definition) is 2. The lowest BCUT2D eigenvalue weighted by Gasteiger charge is -2.10. The van der Waals surface area contributed by atoms with Crippen LogP contribution < -0.4 is 11.1 Å². The Bertz CT molecular complexity index is 581. The Morgan fingerprint density at radius 3 is 2.84 bits per heavy atom. The molecule has 0 aliphatic heterocycles. The van der Waals surface area contributed by atoms with Gasteiger partial charge in [-0.2, -0.15) is 0 Å². The largest absolute Gasteiger partial charge is 0.330 e. The van der Waals surface area contributed by atoms with Gasteiger partial charge in [0.05, 0.1) is 0 Å². The Hall–Kier alpha value is -2.20. The number of benzene rings is 1. The molecule has 4 heteroatoms. The van der Waals surface area contributed by atoms with E-state index in [-0.39, 0.29) is 5.91 Å². The van der Waals surface area contributed by atoms with E-state index in [1.165, 1.54) is 0 Å². The van der Waals surface area contributed by atoms with E-state index < -0.39 is 0 Å². The van der Waals surface area contributed by atoms with E-state index in [1.54, 1.807) is 18.5 Å². The predicted octanol–water partition coefficient (Wildman–Crippen LogP) is 2.14. The summed E-state index contributed by atoms with van der Waals surface area (Å²) in [5, 5.41) is 2.91. The van der Waals surface area contributed by atoms with Crippen LogP contribution in [0.3, 0.4) is 0 Å². The summed E-state index contributed by atoms with van der Waals surface area (Å²) in [6.45, 7) is 2.44. The normalized spacial score (nSPS) is 10.2. The zero-order chi connectivity index (χ0) is 13.7. The van der Waals surface area contributed by atoms with E-state index in [0.29, 0.717) is 18.5 Å². The molecule has 0 unspecified atom stereocenters. The second kappa shape index (κ2) is 6.11. The highest BCUT2D eigenvalue weighted by atomic mass is 16.1. The number of carbonyl (C=O) groups excluding carboxylic acids is 1.